The highest BCUT2D eigenvalue weighted by Gasteiger charge is 2.08. The quantitative estimate of drug-likeness (QED) is 0.749. The first-order chi connectivity index (χ1) is 8.25. The van der Waals surface area contributed by atoms with Gasteiger partial charge in [0.1, 0.15) is 0 Å². The van der Waals surface area contributed by atoms with E-state index in [1.807, 2.05) is 30.3 Å². The minimum Gasteiger partial charge on any atom is -0.396 e. The average molecular weight is 289 g/mol. The molecule has 0 bridgehead atoms. The molecule has 3 rings (SSSR count). The van der Waals surface area contributed by atoms with Crippen molar-refractivity contribution >= 4 is 32.5 Å². The third-order valence-electron chi connectivity index (χ3n) is 2.54. The number of pyridine rings is 1. The molecule has 2 aromatic heterocycles. The summed E-state index contributed by atoms with van der Waals surface area (Å²) >= 11 is 3.34. The Morgan fingerprint density at radius 2 is 2.00 bits per heavy atom. The van der Waals surface area contributed by atoms with Crippen LogP contribution >= 0.6 is 15.9 Å². The van der Waals surface area contributed by atoms with Crippen molar-refractivity contribution in [1.29, 1.82) is 0 Å². The molecular weight excluding hydrogens is 280 g/mol. The zero-order valence-corrected chi connectivity index (χ0v) is 10.4. The molecule has 3 aromatic rings. The van der Waals surface area contributed by atoms with E-state index in [1.165, 1.54) is 0 Å². The Morgan fingerprint density at radius 3 is 2.82 bits per heavy atom. The van der Waals surface area contributed by atoms with Gasteiger partial charge in [0.2, 0.25) is 0 Å². The van der Waals surface area contributed by atoms with Crippen LogP contribution in [0.1, 0.15) is 0 Å². The van der Waals surface area contributed by atoms with Crippen molar-refractivity contribution in [2.24, 2.45) is 0 Å². The van der Waals surface area contributed by atoms with Gasteiger partial charge in [0.05, 0.1) is 17.4 Å². The number of para-hydroxylation sites is 1. The first-order valence-corrected chi connectivity index (χ1v) is 5.89. The van der Waals surface area contributed by atoms with Crippen molar-refractivity contribution in [3.8, 4) is 5.82 Å². The Balaban J connectivity index is 2.27. The monoisotopic (exact) mass is 288 g/mol. The molecule has 0 aliphatic rings. The zero-order chi connectivity index (χ0) is 11.8. The highest BCUT2D eigenvalue weighted by molar-refractivity contribution is 9.10. The molecule has 0 radical (unpaired) electrons. The van der Waals surface area contributed by atoms with Gasteiger partial charge in [0.25, 0.3) is 0 Å². The predicted octanol–water partition coefficient (Wildman–Crippen LogP) is 2.77. The van der Waals surface area contributed by atoms with E-state index in [1.54, 1.807) is 17.1 Å². The van der Waals surface area contributed by atoms with Crippen LogP contribution in [0.3, 0.4) is 0 Å². The Morgan fingerprint density at radius 1 is 1.18 bits per heavy atom. The van der Waals surface area contributed by atoms with Crippen molar-refractivity contribution < 1.29 is 0 Å². The van der Waals surface area contributed by atoms with Crippen LogP contribution in [-0.2, 0) is 0 Å². The van der Waals surface area contributed by atoms with Crippen LogP contribution in [-0.4, -0.2) is 14.8 Å². The predicted molar refractivity (Wildman–Crippen MR) is 71.0 cm³/mol. The lowest BCUT2D eigenvalue weighted by Gasteiger charge is -2.06. The SMILES string of the molecule is Nc1cc(Br)cnc1-n1ncc2ccccc21. The maximum atomic E-state index is 5.95. The van der Waals surface area contributed by atoms with Crippen LogP contribution < -0.4 is 5.73 Å². The summed E-state index contributed by atoms with van der Waals surface area (Å²) in [4.78, 5) is 4.30. The second-order valence-electron chi connectivity index (χ2n) is 3.68. The van der Waals surface area contributed by atoms with E-state index in [2.05, 4.69) is 26.0 Å². The van der Waals surface area contributed by atoms with E-state index >= 15 is 0 Å². The molecular formula is C12H9BrN4. The number of nitrogens with zero attached hydrogens (tertiary/aromatic N) is 3. The van der Waals surface area contributed by atoms with E-state index in [-0.39, 0.29) is 0 Å². The first-order valence-electron chi connectivity index (χ1n) is 5.10. The summed E-state index contributed by atoms with van der Waals surface area (Å²) in [5.41, 5.74) is 7.54. The highest BCUT2D eigenvalue weighted by atomic mass is 79.9. The van der Waals surface area contributed by atoms with Crippen molar-refractivity contribution in [3.05, 3.63) is 47.2 Å². The summed E-state index contributed by atoms with van der Waals surface area (Å²) in [5.74, 6) is 0.648. The maximum Gasteiger partial charge on any atom is 0.177 e. The van der Waals surface area contributed by atoms with Crippen LogP contribution in [0.25, 0.3) is 16.7 Å². The van der Waals surface area contributed by atoms with E-state index < -0.39 is 0 Å². The summed E-state index contributed by atoms with van der Waals surface area (Å²) in [6.07, 6.45) is 3.51. The number of fused-ring (bicyclic) bond motifs is 1. The van der Waals surface area contributed by atoms with Gasteiger partial charge in [0, 0.05) is 16.1 Å². The van der Waals surface area contributed by atoms with Gasteiger partial charge in [0.15, 0.2) is 5.82 Å². The fraction of sp³-hybridized carbons (Fsp3) is 0. The number of rotatable bonds is 1. The molecule has 2 heterocycles. The van der Waals surface area contributed by atoms with Crippen molar-refractivity contribution in [2.75, 3.05) is 5.73 Å². The van der Waals surface area contributed by atoms with Gasteiger partial charge >= 0.3 is 0 Å². The van der Waals surface area contributed by atoms with Crippen LogP contribution in [0.2, 0.25) is 0 Å². The molecule has 0 aliphatic heterocycles. The standard InChI is InChI=1S/C12H9BrN4/c13-9-5-10(14)12(15-7-9)17-11-4-2-1-3-8(11)6-16-17/h1-7H,14H2. The molecule has 0 atom stereocenters. The van der Waals surface area contributed by atoms with Crippen LogP contribution in [0, 0.1) is 0 Å². The lowest BCUT2D eigenvalue weighted by molar-refractivity contribution is 0.877. The van der Waals surface area contributed by atoms with E-state index in [0.29, 0.717) is 11.5 Å². The molecule has 0 saturated carbocycles. The average Bonchev–Trinajstić information content (AvgIpc) is 2.73. The normalized spacial score (nSPS) is 10.9. The summed E-state index contributed by atoms with van der Waals surface area (Å²) < 4.78 is 2.60. The number of anilines is 1. The molecule has 0 amide bonds. The molecule has 0 unspecified atom stereocenters. The van der Waals surface area contributed by atoms with Gasteiger partial charge in [-0.2, -0.15) is 5.10 Å². The smallest absolute Gasteiger partial charge is 0.177 e. The topological polar surface area (TPSA) is 56.7 Å². The first kappa shape index (κ1) is 10.3. The van der Waals surface area contributed by atoms with Crippen LogP contribution in [0.4, 0.5) is 5.69 Å². The van der Waals surface area contributed by atoms with Gasteiger partial charge in [-0.05, 0) is 28.1 Å². The lowest BCUT2D eigenvalue weighted by Crippen LogP contribution is -2.03. The van der Waals surface area contributed by atoms with Crippen LogP contribution in [0.15, 0.2) is 47.2 Å². The highest BCUT2D eigenvalue weighted by Crippen LogP contribution is 2.22. The number of halogens is 1. The molecule has 0 aliphatic carbocycles. The molecule has 0 spiro atoms. The lowest BCUT2D eigenvalue weighted by atomic mass is 10.2. The van der Waals surface area contributed by atoms with E-state index in [9.17, 15) is 0 Å². The van der Waals surface area contributed by atoms with Gasteiger partial charge in [-0.25, -0.2) is 9.67 Å². The fourth-order valence-electron chi connectivity index (χ4n) is 1.77. The summed E-state index contributed by atoms with van der Waals surface area (Å²) in [7, 11) is 0. The molecule has 84 valence electrons. The Bertz CT molecular complexity index is 690. The molecule has 0 fully saturated rings. The molecule has 4 nitrogen and oxygen atoms in total. The molecule has 1 aromatic carbocycles. The van der Waals surface area contributed by atoms with Crippen molar-refractivity contribution in [1.82, 2.24) is 14.8 Å². The number of nitrogens with two attached hydrogens (primary N) is 1. The van der Waals surface area contributed by atoms with E-state index in [0.717, 1.165) is 15.4 Å². The third-order valence-corrected chi connectivity index (χ3v) is 2.97. The summed E-state index contributed by atoms with van der Waals surface area (Å²) in [6, 6.07) is 9.76. The number of hydrogen-bond donors (Lipinski definition) is 1. The minimum atomic E-state index is 0.591. The Hall–Kier alpha value is -1.88. The van der Waals surface area contributed by atoms with Gasteiger partial charge < -0.3 is 5.73 Å². The second-order valence-corrected chi connectivity index (χ2v) is 4.60. The van der Waals surface area contributed by atoms with Gasteiger partial charge in [-0.15, -0.1) is 0 Å². The molecule has 2 N–H and O–H groups in total. The number of aromatic nitrogens is 3. The fourth-order valence-corrected chi connectivity index (χ4v) is 2.11. The van der Waals surface area contributed by atoms with E-state index in [4.69, 9.17) is 5.73 Å². The second kappa shape index (κ2) is 3.85. The molecule has 5 heteroatoms. The Labute approximate surface area is 106 Å². The zero-order valence-electron chi connectivity index (χ0n) is 8.84. The molecule has 0 saturated heterocycles. The largest absolute Gasteiger partial charge is 0.396 e. The number of benzene rings is 1. The minimum absolute atomic E-state index is 0.591. The van der Waals surface area contributed by atoms with Crippen molar-refractivity contribution in [3.63, 3.8) is 0 Å². The number of hydrogen-bond acceptors (Lipinski definition) is 3. The molecule has 17 heavy (non-hydrogen) atoms. The number of nitrogen functional groups attached to an aromatic ring is 1. The van der Waals surface area contributed by atoms with Crippen LogP contribution in [0.5, 0.6) is 0 Å². The maximum absolute atomic E-state index is 5.95. The summed E-state index contributed by atoms with van der Waals surface area (Å²) in [6.45, 7) is 0. The van der Waals surface area contributed by atoms with Gasteiger partial charge in [-0.1, -0.05) is 18.2 Å². The summed E-state index contributed by atoms with van der Waals surface area (Å²) in [5, 5.41) is 5.38. The van der Waals surface area contributed by atoms with Crippen molar-refractivity contribution in [2.45, 2.75) is 0 Å². The third kappa shape index (κ3) is 1.68. The van der Waals surface area contributed by atoms with Gasteiger partial charge in [-0.3, -0.25) is 0 Å². The Kier molecular flexibility index (Phi) is 2.33.